The van der Waals surface area contributed by atoms with Crippen molar-refractivity contribution in [1.82, 2.24) is 24.7 Å². The van der Waals surface area contributed by atoms with Crippen LogP contribution in [-0.4, -0.2) is 98.2 Å². The molecule has 1 aromatic rings. The zero-order valence-corrected chi connectivity index (χ0v) is 16.3. The van der Waals surface area contributed by atoms with Crippen LogP contribution in [0.4, 0.5) is 24.9 Å². The summed E-state index contributed by atoms with van der Waals surface area (Å²) in [6.45, 7) is 6.60. The van der Waals surface area contributed by atoms with E-state index in [4.69, 9.17) is 0 Å². The van der Waals surface area contributed by atoms with Crippen molar-refractivity contribution in [3.63, 3.8) is 0 Å². The molecule has 0 amide bonds. The lowest BCUT2D eigenvalue weighted by molar-refractivity contribution is -0.141. The zero-order chi connectivity index (χ0) is 19.9. The highest BCUT2D eigenvalue weighted by Crippen LogP contribution is 2.29. The standard InChI is InChI=1S/C17H30F3N7/c1-25(2)7-4-5-22-16-23-14(17(18,19)20)13-15(24-16)21-6-8-27-11-9-26(3)10-12-27/h13H,4-12H2,1-3H3,(H2,21,22,23,24). The van der Waals surface area contributed by atoms with Gasteiger partial charge in [-0.3, -0.25) is 4.90 Å². The molecule has 2 heterocycles. The van der Waals surface area contributed by atoms with E-state index < -0.39 is 11.9 Å². The van der Waals surface area contributed by atoms with Gasteiger partial charge in [0.1, 0.15) is 5.82 Å². The lowest BCUT2D eigenvalue weighted by atomic mass is 10.3. The molecule has 1 fully saturated rings. The number of nitrogens with zero attached hydrogens (tertiary/aromatic N) is 5. The number of hydrogen-bond acceptors (Lipinski definition) is 7. The summed E-state index contributed by atoms with van der Waals surface area (Å²) in [7, 11) is 5.98. The highest BCUT2D eigenvalue weighted by atomic mass is 19.4. The predicted molar refractivity (Wildman–Crippen MR) is 101 cm³/mol. The molecule has 1 saturated heterocycles. The van der Waals surface area contributed by atoms with E-state index in [2.05, 4.69) is 37.4 Å². The van der Waals surface area contributed by atoms with Crippen LogP contribution in [0.1, 0.15) is 12.1 Å². The molecular formula is C17H30F3N7. The van der Waals surface area contributed by atoms with Crippen LogP contribution < -0.4 is 10.6 Å². The molecule has 154 valence electrons. The molecule has 0 bridgehead atoms. The Morgan fingerprint density at radius 1 is 1.07 bits per heavy atom. The smallest absolute Gasteiger partial charge is 0.369 e. The monoisotopic (exact) mass is 389 g/mol. The first-order valence-corrected chi connectivity index (χ1v) is 9.23. The molecule has 1 aromatic heterocycles. The van der Waals surface area contributed by atoms with Crippen molar-refractivity contribution < 1.29 is 13.2 Å². The van der Waals surface area contributed by atoms with Crippen molar-refractivity contribution in [3.05, 3.63) is 11.8 Å². The highest BCUT2D eigenvalue weighted by Gasteiger charge is 2.33. The summed E-state index contributed by atoms with van der Waals surface area (Å²) < 4.78 is 39.4. The van der Waals surface area contributed by atoms with Gasteiger partial charge < -0.3 is 20.4 Å². The summed E-state index contributed by atoms with van der Waals surface area (Å²) in [5.74, 6) is 0.201. The van der Waals surface area contributed by atoms with E-state index in [0.717, 1.165) is 51.8 Å². The maximum atomic E-state index is 13.1. The molecule has 0 spiro atoms. The van der Waals surface area contributed by atoms with Crippen LogP contribution in [0.2, 0.25) is 0 Å². The summed E-state index contributed by atoms with van der Waals surface area (Å²) in [4.78, 5) is 14.4. The molecule has 1 aliphatic rings. The fourth-order valence-electron chi connectivity index (χ4n) is 2.77. The quantitative estimate of drug-likeness (QED) is 0.621. The summed E-state index contributed by atoms with van der Waals surface area (Å²) in [5.41, 5.74) is -0.935. The largest absolute Gasteiger partial charge is 0.433 e. The number of likely N-dealkylation sites (N-methyl/N-ethyl adjacent to an activating group) is 1. The van der Waals surface area contributed by atoms with Crippen molar-refractivity contribution in [1.29, 1.82) is 0 Å². The van der Waals surface area contributed by atoms with Crippen molar-refractivity contribution in [2.45, 2.75) is 12.6 Å². The SMILES string of the molecule is CN(C)CCCNc1nc(NCCN2CCN(C)CC2)cc(C(F)(F)F)n1. The minimum atomic E-state index is -4.50. The van der Waals surface area contributed by atoms with Gasteiger partial charge in [-0.05, 0) is 34.1 Å². The van der Waals surface area contributed by atoms with Crippen molar-refractivity contribution in [2.24, 2.45) is 0 Å². The first kappa shape index (κ1) is 21.6. The lowest BCUT2D eigenvalue weighted by Gasteiger charge is -2.32. The van der Waals surface area contributed by atoms with Crippen molar-refractivity contribution >= 4 is 11.8 Å². The van der Waals surface area contributed by atoms with Crippen molar-refractivity contribution in [3.8, 4) is 0 Å². The number of piperazine rings is 1. The summed E-state index contributed by atoms with van der Waals surface area (Å²) >= 11 is 0. The number of halogens is 3. The molecule has 27 heavy (non-hydrogen) atoms. The van der Waals surface area contributed by atoms with E-state index in [9.17, 15) is 13.2 Å². The highest BCUT2D eigenvalue weighted by molar-refractivity contribution is 5.43. The van der Waals surface area contributed by atoms with E-state index in [1.165, 1.54) is 0 Å². The van der Waals surface area contributed by atoms with E-state index in [-0.39, 0.29) is 11.8 Å². The fraction of sp³-hybridized carbons (Fsp3) is 0.765. The molecular weight excluding hydrogens is 359 g/mol. The van der Waals surface area contributed by atoms with Crippen LogP contribution in [0.25, 0.3) is 0 Å². The third kappa shape index (κ3) is 7.86. The third-order valence-electron chi connectivity index (χ3n) is 4.41. The Morgan fingerprint density at radius 3 is 2.41 bits per heavy atom. The third-order valence-corrected chi connectivity index (χ3v) is 4.41. The normalized spacial score (nSPS) is 16.7. The molecule has 0 saturated carbocycles. The summed E-state index contributed by atoms with van der Waals surface area (Å²) in [5, 5.41) is 5.90. The van der Waals surface area contributed by atoms with Gasteiger partial charge in [0.25, 0.3) is 0 Å². The molecule has 10 heteroatoms. The average molecular weight is 389 g/mol. The first-order valence-electron chi connectivity index (χ1n) is 9.23. The Bertz CT molecular complexity index is 572. The van der Waals surface area contributed by atoms with Crippen LogP contribution in [0.15, 0.2) is 6.07 Å². The summed E-state index contributed by atoms with van der Waals surface area (Å²) in [6.07, 6.45) is -3.71. The van der Waals surface area contributed by atoms with E-state index in [1.807, 2.05) is 19.0 Å². The van der Waals surface area contributed by atoms with Crippen LogP contribution >= 0.6 is 0 Å². The minimum Gasteiger partial charge on any atom is -0.369 e. The molecule has 7 nitrogen and oxygen atoms in total. The van der Waals surface area contributed by atoms with Crippen LogP contribution in [0.3, 0.4) is 0 Å². The number of alkyl halides is 3. The molecule has 2 N–H and O–H groups in total. The van der Waals surface area contributed by atoms with Gasteiger partial charge in [-0.15, -0.1) is 0 Å². The Morgan fingerprint density at radius 2 is 1.78 bits per heavy atom. The maximum Gasteiger partial charge on any atom is 0.433 e. The van der Waals surface area contributed by atoms with Gasteiger partial charge in [-0.25, -0.2) is 4.98 Å². The fourth-order valence-corrected chi connectivity index (χ4v) is 2.77. The second-order valence-corrected chi connectivity index (χ2v) is 7.12. The molecule has 0 radical (unpaired) electrons. The zero-order valence-electron chi connectivity index (χ0n) is 16.3. The van der Waals surface area contributed by atoms with Gasteiger partial charge in [0.2, 0.25) is 5.95 Å². The molecule has 0 aromatic carbocycles. The number of hydrogen-bond donors (Lipinski definition) is 2. The number of rotatable bonds is 9. The number of aromatic nitrogens is 2. The van der Waals surface area contributed by atoms with E-state index in [1.54, 1.807) is 0 Å². The minimum absolute atomic E-state index is 0.00526. The Hall–Kier alpha value is -1.65. The topological polar surface area (TPSA) is 59.6 Å². The maximum absolute atomic E-state index is 13.1. The second-order valence-electron chi connectivity index (χ2n) is 7.12. The van der Waals surface area contributed by atoms with Gasteiger partial charge >= 0.3 is 6.18 Å². The van der Waals surface area contributed by atoms with Crippen LogP contribution in [0, 0.1) is 0 Å². The number of nitrogens with one attached hydrogen (secondary N) is 2. The van der Waals surface area contributed by atoms with Crippen molar-refractivity contribution in [2.75, 3.05) is 84.1 Å². The Kier molecular flexibility index (Phi) is 8.06. The predicted octanol–water partition coefficient (Wildman–Crippen LogP) is 1.52. The second kappa shape index (κ2) is 10.0. The number of anilines is 2. The van der Waals surface area contributed by atoms with Gasteiger partial charge in [0.15, 0.2) is 5.69 Å². The molecule has 0 aliphatic carbocycles. The van der Waals surface area contributed by atoms with Crippen LogP contribution in [0.5, 0.6) is 0 Å². The summed E-state index contributed by atoms with van der Waals surface area (Å²) in [6, 6.07) is 0.967. The lowest BCUT2D eigenvalue weighted by Crippen LogP contribution is -2.45. The molecule has 0 atom stereocenters. The molecule has 1 aliphatic heterocycles. The molecule has 0 unspecified atom stereocenters. The van der Waals surface area contributed by atoms with Gasteiger partial charge in [-0.2, -0.15) is 18.2 Å². The van der Waals surface area contributed by atoms with Gasteiger partial charge in [-0.1, -0.05) is 0 Å². The van der Waals surface area contributed by atoms with E-state index in [0.29, 0.717) is 13.1 Å². The Labute approximate surface area is 158 Å². The molecule has 2 rings (SSSR count). The first-order chi connectivity index (χ1) is 12.7. The average Bonchev–Trinajstić information content (AvgIpc) is 2.59. The van der Waals surface area contributed by atoms with Gasteiger partial charge in [0, 0.05) is 51.9 Å². The van der Waals surface area contributed by atoms with Gasteiger partial charge in [0.05, 0.1) is 0 Å². The Balaban J connectivity index is 1.92. The van der Waals surface area contributed by atoms with E-state index >= 15 is 0 Å². The van der Waals surface area contributed by atoms with Crippen LogP contribution in [-0.2, 0) is 6.18 Å².